The average molecular weight is 289 g/mol. The van der Waals surface area contributed by atoms with Crippen LogP contribution < -0.4 is 5.32 Å². The van der Waals surface area contributed by atoms with E-state index in [9.17, 15) is 0 Å². The van der Waals surface area contributed by atoms with Gasteiger partial charge in [0.05, 0.1) is 10.7 Å². The van der Waals surface area contributed by atoms with Crippen molar-refractivity contribution < 1.29 is 0 Å². The number of imidazole rings is 1. The van der Waals surface area contributed by atoms with Crippen LogP contribution >= 0.6 is 11.6 Å². The Morgan fingerprint density at radius 3 is 2.80 bits per heavy atom. The summed E-state index contributed by atoms with van der Waals surface area (Å²) in [7, 11) is 0. The molecule has 0 atom stereocenters. The Bertz CT molecular complexity index is 647. The lowest BCUT2D eigenvalue weighted by atomic mass is 10.1. The first-order chi connectivity index (χ1) is 9.42. The maximum Gasteiger partial charge on any atom is 0.217 e. The molecule has 104 valence electrons. The van der Waals surface area contributed by atoms with Gasteiger partial charge in [0.15, 0.2) is 0 Å². The molecule has 20 heavy (non-hydrogen) atoms. The van der Waals surface area contributed by atoms with Crippen molar-refractivity contribution in [1.82, 2.24) is 14.9 Å². The van der Waals surface area contributed by atoms with Crippen LogP contribution in [0.1, 0.15) is 32.2 Å². The van der Waals surface area contributed by atoms with Gasteiger partial charge in [-0.05, 0) is 32.4 Å². The molecule has 0 saturated heterocycles. The van der Waals surface area contributed by atoms with Crippen LogP contribution in [0.3, 0.4) is 0 Å². The van der Waals surface area contributed by atoms with E-state index >= 15 is 0 Å². The van der Waals surface area contributed by atoms with Crippen molar-refractivity contribution in [1.29, 1.82) is 5.26 Å². The zero-order valence-electron chi connectivity index (χ0n) is 11.8. The third-order valence-corrected chi connectivity index (χ3v) is 3.17. The summed E-state index contributed by atoms with van der Waals surface area (Å²) in [6, 6.07) is 7.80. The Balaban J connectivity index is 2.45. The van der Waals surface area contributed by atoms with Crippen LogP contribution in [0, 0.1) is 11.3 Å². The van der Waals surface area contributed by atoms with Crippen molar-refractivity contribution in [2.24, 2.45) is 0 Å². The molecule has 0 spiro atoms. The predicted octanol–water partition coefficient (Wildman–Crippen LogP) is 3.29. The average Bonchev–Trinajstić information content (AvgIpc) is 2.83. The van der Waals surface area contributed by atoms with Gasteiger partial charge in [0.2, 0.25) is 5.82 Å². The lowest BCUT2D eigenvalue weighted by Gasteiger charge is -2.22. The molecule has 0 bridgehead atoms. The molecular formula is C15H17ClN4. The van der Waals surface area contributed by atoms with Crippen LogP contribution in [0.25, 0.3) is 5.69 Å². The molecule has 2 rings (SSSR count). The third-order valence-electron chi connectivity index (χ3n) is 2.86. The van der Waals surface area contributed by atoms with Gasteiger partial charge in [-0.2, -0.15) is 5.26 Å². The van der Waals surface area contributed by atoms with Crippen molar-refractivity contribution in [2.75, 3.05) is 0 Å². The Kier molecular flexibility index (Phi) is 4.12. The van der Waals surface area contributed by atoms with Crippen molar-refractivity contribution in [2.45, 2.75) is 32.9 Å². The monoisotopic (exact) mass is 288 g/mol. The fourth-order valence-electron chi connectivity index (χ4n) is 1.90. The highest BCUT2D eigenvalue weighted by molar-refractivity contribution is 6.32. The van der Waals surface area contributed by atoms with Crippen LogP contribution in [-0.4, -0.2) is 15.1 Å². The Hall–Kier alpha value is -1.83. The molecule has 1 aromatic heterocycles. The molecule has 4 nitrogen and oxygen atoms in total. The highest BCUT2D eigenvalue weighted by Gasteiger charge is 2.15. The first kappa shape index (κ1) is 14.6. The largest absolute Gasteiger partial charge is 0.308 e. The quantitative estimate of drug-likeness (QED) is 0.943. The van der Waals surface area contributed by atoms with Crippen molar-refractivity contribution in [3.8, 4) is 11.8 Å². The number of para-hydroxylation sites is 1. The molecule has 5 heteroatoms. The van der Waals surface area contributed by atoms with Crippen LogP contribution in [0.5, 0.6) is 0 Å². The molecule has 2 aromatic rings. The standard InChI is InChI=1S/C15H17ClN4/c1-15(2,3)19-10-11-5-4-6-12(16)14(11)20-8-7-18-13(20)9-17/h4-8,19H,10H2,1-3H3. The fraction of sp³-hybridized carbons (Fsp3) is 0.333. The predicted molar refractivity (Wildman–Crippen MR) is 79.9 cm³/mol. The van der Waals surface area contributed by atoms with E-state index in [1.54, 1.807) is 17.0 Å². The maximum atomic E-state index is 9.12. The lowest BCUT2D eigenvalue weighted by Crippen LogP contribution is -2.35. The third kappa shape index (κ3) is 3.19. The fourth-order valence-corrected chi connectivity index (χ4v) is 2.18. The summed E-state index contributed by atoms with van der Waals surface area (Å²) in [6.45, 7) is 6.99. The molecule has 1 heterocycles. The van der Waals surface area contributed by atoms with Gasteiger partial charge < -0.3 is 5.32 Å². The van der Waals surface area contributed by atoms with E-state index in [1.807, 2.05) is 18.2 Å². The van der Waals surface area contributed by atoms with E-state index in [4.69, 9.17) is 16.9 Å². The number of rotatable bonds is 3. The molecule has 0 saturated carbocycles. The summed E-state index contributed by atoms with van der Waals surface area (Å²) in [6.07, 6.45) is 3.35. The van der Waals surface area contributed by atoms with Crippen molar-refractivity contribution in [3.63, 3.8) is 0 Å². The second-order valence-electron chi connectivity index (χ2n) is 5.58. The van der Waals surface area contributed by atoms with Gasteiger partial charge in [-0.25, -0.2) is 4.98 Å². The number of halogens is 1. The topological polar surface area (TPSA) is 53.6 Å². The first-order valence-electron chi connectivity index (χ1n) is 6.38. The Morgan fingerprint density at radius 2 is 2.15 bits per heavy atom. The highest BCUT2D eigenvalue weighted by atomic mass is 35.5. The van der Waals surface area contributed by atoms with Gasteiger partial charge in [-0.1, -0.05) is 23.7 Å². The highest BCUT2D eigenvalue weighted by Crippen LogP contribution is 2.26. The molecule has 0 aliphatic rings. The molecular weight excluding hydrogens is 272 g/mol. The van der Waals surface area contributed by atoms with E-state index in [0.717, 1.165) is 11.3 Å². The Morgan fingerprint density at radius 1 is 1.40 bits per heavy atom. The van der Waals surface area contributed by atoms with E-state index in [2.05, 4.69) is 37.1 Å². The molecule has 0 aliphatic carbocycles. The minimum Gasteiger partial charge on any atom is -0.308 e. The van der Waals surface area contributed by atoms with Gasteiger partial charge >= 0.3 is 0 Å². The normalized spacial score (nSPS) is 11.3. The van der Waals surface area contributed by atoms with Crippen LogP contribution in [0.15, 0.2) is 30.6 Å². The summed E-state index contributed by atoms with van der Waals surface area (Å²) in [4.78, 5) is 4.02. The van der Waals surface area contributed by atoms with E-state index in [0.29, 0.717) is 17.4 Å². The zero-order valence-corrected chi connectivity index (χ0v) is 12.6. The van der Waals surface area contributed by atoms with Crippen molar-refractivity contribution in [3.05, 3.63) is 47.0 Å². The number of nitriles is 1. The maximum absolute atomic E-state index is 9.12. The van der Waals surface area contributed by atoms with Gasteiger partial charge in [0.25, 0.3) is 0 Å². The molecule has 0 amide bonds. The van der Waals surface area contributed by atoms with Crippen LogP contribution in [0.4, 0.5) is 0 Å². The van der Waals surface area contributed by atoms with Crippen LogP contribution in [-0.2, 0) is 6.54 Å². The van der Waals surface area contributed by atoms with Crippen LogP contribution in [0.2, 0.25) is 5.02 Å². The number of nitrogens with zero attached hydrogens (tertiary/aromatic N) is 3. The lowest BCUT2D eigenvalue weighted by molar-refractivity contribution is 0.424. The Labute approximate surface area is 124 Å². The molecule has 0 radical (unpaired) electrons. The van der Waals surface area contributed by atoms with E-state index in [1.165, 1.54) is 0 Å². The van der Waals surface area contributed by atoms with Gasteiger partial charge in [0, 0.05) is 24.5 Å². The minimum absolute atomic E-state index is 0.00653. The smallest absolute Gasteiger partial charge is 0.217 e. The summed E-state index contributed by atoms with van der Waals surface area (Å²) >= 11 is 6.31. The number of hydrogen-bond acceptors (Lipinski definition) is 3. The summed E-state index contributed by atoms with van der Waals surface area (Å²) in [5, 5.41) is 13.2. The van der Waals surface area contributed by atoms with Gasteiger partial charge in [-0.3, -0.25) is 4.57 Å². The molecule has 1 N–H and O–H groups in total. The number of benzene rings is 1. The molecule has 0 unspecified atom stereocenters. The van der Waals surface area contributed by atoms with Gasteiger partial charge in [-0.15, -0.1) is 0 Å². The number of aromatic nitrogens is 2. The summed E-state index contributed by atoms with van der Waals surface area (Å²) in [5.74, 6) is 0.329. The first-order valence-corrected chi connectivity index (χ1v) is 6.76. The second-order valence-corrected chi connectivity index (χ2v) is 5.99. The number of hydrogen-bond donors (Lipinski definition) is 1. The number of nitrogens with one attached hydrogen (secondary N) is 1. The van der Waals surface area contributed by atoms with E-state index < -0.39 is 0 Å². The summed E-state index contributed by atoms with van der Waals surface area (Å²) in [5.41, 5.74) is 1.84. The summed E-state index contributed by atoms with van der Waals surface area (Å²) < 4.78 is 1.72. The molecule has 0 fully saturated rings. The van der Waals surface area contributed by atoms with Crippen molar-refractivity contribution >= 4 is 11.6 Å². The zero-order chi connectivity index (χ0) is 14.8. The SMILES string of the molecule is CC(C)(C)NCc1cccc(Cl)c1-n1ccnc1C#N. The minimum atomic E-state index is 0.00653. The van der Waals surface area contributed by atoms with Gasteiger partial charge in [0.1, 0.15) is 6.07 Å². The second kappa shape index (κ2) is 5.66. The van der Waals surface area contributed by atoms with E-state index in [-0.39, 0.29) is 5.54 Å². The molecule has 0 aliphatic heterocycles. The molecule has 1 aromatic carbocycles.